The molecule has 8 aromatic carbocycles. The third-order valence-corrected chi connectivity index (χ3v) is 13.2. The highest BCUT2D eigenvalue weighted by Crippen LogP contribution is 2.59. The first kappa shape index (κ1) is 30.9. The number of para-hydroxylation sites is 4. The van der Waals surface area contributed by atoms with Gasteiger partial charge in [0, 0.05) is 49.4 Å². The Labute approximate surface area is 315 Å². The largest absolute Gasteiger partial charge is 0.309 e. The van der Waals surface area contributed by atoms with Crippen LogP contribution in [0.5, 0.6) is 0 Å². The maximum atomic E-state index is 2.64. The van der Waals surface area contributed by atoms with E-state index in [-0.39, 0.29) is 0 Å². The van der Waals surface area contributed by atoms with Crippen LogP contribution in [-0.2, 0) is 0 Å². The van der Waals surface area contributed by atoms with Crippen LogP contribution >= 0.6 is 8.07 Å². The second-order valence-electron chi connectivity index (χ2n) is 13.8. The molecule has 0 fully saturated rings. The average molecular weight is 708 g/mol. The molecule has 0 saturated heterocycles. The van der Waals surface area contributed by atoms with Gasteiger partial charge < -0.3 is 13.8 Å². The fourth-order valence-corrected chi connectivity index (χ4v) is 11.1. The molecular weight excluding hydrogens is 674 g/mol. The summed E-state index contributed by atoms with van der Waals surface area (Å²) in [6.45, 7) is 0. The Morgan fingerprint density at radius 1 is 0.352 bits per heavy atom. The number of nitrogens with zero attached hydrogens (tertiary/aromatic N) is 3. The zero-order valence-electron chi connectivity index (χ0n) is 29.4. The average Bonchev–Trinajstić information content (AvgIpc) is 3.77. The SMILES string of the molecule is c1ccc(N2c3c(n(-c4ccccc4)c4ccc(-c5ccc6c(c5)c5ccccc5n6-c5ccccc5)cc34)-c3ccccc3P2c2ccccc2)cc1. The Hall–Kier alpha value is -6.67. The molecule has 11 rings (SSSR count). The first-order valence-corrected chi connectivity index (χ1v) is 19.8. The Morgan fingerprint density at radius 3 is 1.54 bits per heavy atom. The monoisotopic (exact) mass is 707 g/mol. The molecule has 2 aromatic heterocycles. The summed E-state index contributed by atoms with van der Waals surface area (Å²) in [6, 6.07) is 75.5. The minimum atomic E-state index is -0.947. The van der Waals surface area contributed by atoms with Gasteiger partial charge in [-0.15, -0.1) is 0 Å². The van der Waals surface area contributed by atoms with Crippen LogP contribution < -0.4 is 15.3 Å². The number of rotatable bonds is 5. The fraction of sp³-hybridized carbons (Fsp3) is 0. The lowest BCUT2D eigenvalue weighted by Gasteiger charge is -2.39. The van der Waals surface area contributed by atoms with Gasteiger partial charge in [0.05, 0.1) is 36.0 Å². The maximum Gasteiger partial charge on any atom is 0.0796 e. The van der Waals surface area contributed by atoms with Crippen molar-refractivity contribution in [3.05, 3.63) is 206 Å². The summed E-state index contributed by atoms with van der Waals surface area (Å²) < 4.78 is 7.51. The summed E-state index contributed by atoms with van der Waals surface area (Å²) in [5.41, 5.74) is 13.3. The van der Waals surface area contributed by atoms with Crippen LogP contribution in [0.4, 0.5) is 11.4 Å². The Morgan fingerprint density at radius 2 is 0.852 bits per heavy atom. The van der Waals surface area contributed by atoms with E-state index in [0.29, 0.717) is 0 Å². The number of fused-ring (bicyclic) bond motifs is 8. The van der Waals surface area contributed by atoms with Gasteiger partial charge in [0.2, 0.25) is 0 Å². The molecule has 0 spiro atoms. The van der Waals surface area contributed by atoms with E-state index < -0.39 is 8.07 Å². The number of hydrogen-bond donors (Lipinski definition) is 0. The van der Waals surface area contributed by atoms with Crippen molar-refractivity contribution >= 4 is 62.8 Å². The number of hydrogen-bond acceptors (Lipinski definition) is 1. The zero-order valence-corrected chi connectivity index (χ0v) is 30.3. The van der Waals surface area contributed by atoms with Gasteiger partial charge in [0.25, 0.3) is 0 Å². The van der Waals surface area contributed by atoms with Crippen LogP contribution in [0.3, 0.4) is 0 Å². The number of benzene rings is 8. The Kier molecular flexibility index (Phi) is 7.15. The van der Waals surface area contributed by atoms with Crippen LogP contribution in [0.1, 0.15) is 0 Å². The molecule has 3 heterocycles. The fourth-order valence-electron chi connectivity index (χ4n) is 8.47. The zero-order chi connectivity index (χ0) is 35.6. The molecule has 3 nitrogen and oxygen atoms in total. The first-order valence-electron chi connectivity index (χ1n) is 18.5. The van der Waals surface area contributed by atoms with E-state index in [1.54, 1.807) is 0 Å². The Bertz CT molecular complexity index is 2980. The van der Waals surface area contributed by atoms with Gasteiger partial charge in [-0.2, -0.15) is 0 Å². The highest BCUT2D eigenvalue weighted by molar-refractivity contribution is 7.75. The minimum absolute atomic E-state index is 0.947. The van der Waals surface area contributed by atoms with Crippen molar-refractivity contribution in [3.8, 4) is 33.8 Å². The standard InChI is InChI=1S/C50H34N3P/c1-5-17-37(18-6-1)51-45-27-15-13-25-41(45)43-33-35(29-31-46(43)51)36-30-32-47-44(34-36)50-49(52(47)38-19-7-2-8-20-38)42-26-14-16-28-48(42)54(40-23-11-4-12-24-40)53(50)39-21-9-3-10-22-39/h1-34H. The molecule has 54 heavy (non-hydrogen) atoms. The molecule has 0 amide bonds. The van der Waals surface area contributed by atoms with E-state index in [2.05, 4.69) is 220 Å². The number of aromatic nitrogens is 2. The summed E-state index contributed by atoms with van der Waals surface area (Å²) >= 11 is 0. The summed E-state index contributed by atoms with van der Waals surface area (Å²) in [6.07, 6.45) is 0. The van der Waals surface area contributed by atoms with Gasteiger partial charge >= 0.3 is 0 Å². The van der Waals surface area contributed by atoms with Crippen molar-refractivity contribution in [2.75, 3.05) is 4.67 Å². The van der Waals surface area contributed by atoms with E-state index in [1.165, 1.54) is 82.8 Å². The second kappa shape index (κ2) is 12.5. The molecule has 10 aromatic rings. The van der Waals surface area contributed by atoms with Crippen molar-refractivity contribution in [2.24, 2.45) is 0 Å². The molecule has 1 aliphatic heterocycles. The molecule has 0 saturated carbocycles. The third-order valence-electron chi connectivity index (χ3n) is 10.8. The van der Waals surface area contributed by atoms with Gasteiger partial charge in [0.15, 0.2) is 0 Å². The van der Waals surface area contributed by atoms with Crippen molar-refractivity contribution in [2.45, 2.75) is 0 Å². The van der Waals surface area contributed by atoms with E-state index in [0.717, 1.165) is 5.69 Å². The van der Waals surface area contributed by atoms with Crippen LogP contribution in [0.15, 0.2) is 206 Å². The summed E-state index contributed by atoms with van der Waals surface area (Å²) in [5.74, 6) is 0. The molecule has 4 heteroatoms. The van der Waals surface area contributed by atoms with Crippen LogP contribution in [0, 0.1) is 0 Å². The summed E-state index contributed by atoms with van der Waals surface area (Å²) in [7, 11) is -0.947. The maximum absolute atomic E-state index is 2.64. The predicted molar refractivity (Wildman–Crippen MR) is 230 cm³/mol. The van der Waals surface area contributed by atoms with Gasteiger partial charge in [-0.1, -0.05) is 140 Å². The molecule has 0 radical (unpaired) electrons. The quantitative estimate of drug-likeness (QED) is 0.162. The smallest absolute Gasteiger partial charge is 0.0796 e. The van der Waals surface area contributed by atoms with E-state index in [4.69, 9.17) is 0 Å². The lowest BCUT2D eigenvalue weighted by atomic mass is 10.0. The number of anilines is 2. The van der Waals surface area contributed by atoms with Gasteiger partial charge in [-0.25, -0.2) is 0 Å². The lowest BCUT2D eigenvalue weighted by Crippen LogP contribution is -2.30. The molecule has 0 N–H and O–H groups in total. The summed E-state index contributed by atoms with van der Waals surface area (Å²) in [5, 5.41) is 6.43. The van der Waals surface area contributed by atoms with Crippen LogP contribution in [0.2, 0.25) is 0 Å². The predicted octanol–water partition coefficient (Wildman–Crippen LogP) is 12.6. The molecule has 0 bridgehead atoms. The lowest BCUT2D eigenvalue weighted by molar-refractivity contribution is 1.13. The van der Waals surface area contributed by atoms with Crippen molar-refractivity contribution in [1.29, 1.82) is 0 Å². The second-order valence-corrected chi connectivity index (χ2v) is 15.9. The van der Waals surface area contributed by atoms with Gasteiger partial charge in [-0.3, -0.25) is 0 Å². The molecular formula is C50H34N3P. The molecule has 1 atom stereocenters. The van der Waals surface area contributed by atoms with E-state index in [9.17, 15) is 0 Å². The molecule has 254 valence electrons. The molecule has 1 aliphatic rings. The minimum Gasteiger partial charge on any atom is -0.309 e. The van der Waals surface area contributed by atoms with Crippen molar-refractivity contribution in [1.82, 2.24) is 9.13 Å². The first-order chi connectivity index (χ1) is 26.8. The van der Waals surface area contributed by atoms with Crippen molar-refractivity contribution < 1.29 is 0 Å². The highest BCUT2D eigenvalue weighted by atomic mass is 31.1. The highest BCUT2D eigenvalue weighted by Gasteiger charge is 2.38. The molecule has 0 aliphatic carbocycles. The van der Waals surface area contributed by atoms with Crippen molar-refractivity contribution in [3.63, 3.8) is 0 Å². The normalized spacial score (nSPS) is 13.7. The van der Waals surface area contributed by atoms with Gasteiger partial charge in [0.1, 0.15) is 0 Å². The van der Waals surface area contributed by atoms with Crippen LogP contribution in [0.25, 0.3) is 66.5 Å². The van der Waals surface area contributed by atoms with Crippen LogP contribution in [-0.4, -0.2) is 9.13 Å². The van der Waals surface area contributed by atoms with Gasteiger partial charge in [-0.05, 0) is 77.9 Å². The summed E-state index contributed by atoms with van der Waals surface area (Å²) in [4.78, 5) is 0. The topological polar surface area (TPSA) is 13.1 Å². The van der Waals surface area contributed by atoms with E-state index >= 15 is 0 Å². The van der Waals surface area contributed by atoms with E-state index in [1.807, 2.05) is 0 Å². The third kappa shape index (κ3) is 4.72. The molecule has 1 unspecified atom stereocenters. The Balaban J connectivity index is 1.21.